The number of para-hydroxylation sites is 5. The van der Waals surface area contributed by atoms with Gasteiger partial charge in [-0.25, -0.2) is 0 Å². The van der Waals surface area contributed by atoms with Gasteiger partial charge in [0.05, 0.1) is 16.6 Å². The third kappa shape index (κ3) is 8.05. The van der Waals surface area contributed by atoms with E-state index in [4.69, 9.17) is 0 Å². The van der Waals surface area contributed by atoms with E-state index < -0.39 is 0 Å². The summed E-state index contributed by atoms with van der Waals surface area (Å²) in [5, 5.41) is 3.86. The van der Waals surface area contributed by atoms with Gasteiger partial charge in [0.15, 0.2) is 0 Å². The Bertz CT molecular complexity index is 4160. The Labute approximate surface area is 443 Å². The Morgan fingerprint density at radius 3 is 0.961 bits per heavy atom. The summed E-state index contributed by atoms with van der Waals surface area (Å²) in [6.45, 7) is 0. The Kier molecular flexibility index (Phi) is 11.3. The molecule has 0 saturated carbocycles. The average Bonchev–Trinajstić information content (AvgIpc) is 4.02. The number of hydrogen-bond acceptors (Lipinski definition) is 2. The van der Waals surface area contributed by atoms with Crippen molar-refractivity contribution in [1.29, 1.82) is 0 Å². The van der Waals surface area contributed by atoms with Crippen LogP contribution in [0.4, 0.5) is 34.1 Å². The van der Waals surface area contributed by atoms with Crippen LogP contribution in [0.1, 0.15) is 17.7 Å². The second kappa shape index (κ2) is 19.2. The molecule has 2 aromatic heterocycles. The fourth-order valence-corrected chi connectivity index (χ4v) is 11.5. The molecule has 13 aromatic rings. The summed E-state index contributed by atoms with van der Waals surface area (Å²) in [6.07, 6.45) is 6.72. The summed E-state index contributed by atoms with van der Waals surface area (Å²) in [7, 11) is 0. The lowest BCUT2D eigenvalue weighted by atomic mass is 10.0. The number of rotatable bonds is 11. The highest BCUT2D eigenvalue weighted by atomic mass is 15.1. The fraction of sp³-hybridized carbons (Fsp3) is 0.0278. The van der Waals surface area contributed by atoms with E-state index in [1.165, 1.54) is 71.9 Å². The molecular weight excluding hydrogens is 921 g/mol. The smallest absolute Gasteiger partial charge is 0.0541 e. The fourth-order valence-electron chi connectivity index (χ4n) is 11.5. The van der Waals surface area contributed by atoms with Crippen molar-refractivity contribution in [3.05, 3.63) is 296 Å². The van der Waals surface area contributed by atoms with Crippen LogP contribution in [0.3, 0.4) is 0 Å². The lowest BCUT2D eigenvalue weighted by Crippen LogP contribution is -2.10. The van der Waals surface area contributed by atoms with Gasteiger partial charge in [0, 0.05) is 72.9 Å². The van der Waals surface area contributed by atoms with Crippen molar-refractivity contribution in [2.45, 2.75) is 12.8 Å². The predicted octanol–water partition coefficient (Wildman–Crippen LogP) is 19.6. The molecule has 0 fully saturated rings. The maximum Gasteiger partial charge on any atom is 0.0541 e. The van der Waals surface area contributed by atoms with E-state index in [0.29, 0.717) is 0 Å². The summed E-state index contributed by atoms with van der Waals surface area (Å²) in [5.74, 6) is 0. The van der Waals surface area contributed by atoms with E-state index in [-0.39, 0.29) is 0 Å². The third-order valence-electron chi connectivity index (χ3n) is 15.2. The van der Waals surface area contributed by atoms with Crippen molar-refractivity contribution < 1.29 is 0 Å². The van der Waals surface area contributed by atoms with Gasteiger partial charge in [0.1, 0.15) is 0 Å². The number of anilines is 6. The predicted molar refractivity (Wildman–Crippen MR) is 321 cm³/mol. The van der Waals surface area contributed by atoms with Gasteiger partial charge in [-0.1, -0.05) is 176 Å². The highest BCUT2D eigenvalue weighted by Crippen LogP contribution is 2.41. The molecule has 4 heteroatoms. The first kappa shape index (κ1) is 44.8. The molecule has 4 nitrogen and oxygen atoms in total. The first-order valence-electron chi connectivity index (χ1n) is 26.3. The summed E-state index contributed by atoms with van der Waals surface area (Å²) in [6, 6.07) is 101. The first-order valence-corrected chi connectivity index (χ1v) is 26.3. The summed E-state index contributed by atoms with van der Waals surface area (Å²) in [4.78, 5) is 4.66. The average molecular weight is 973 g/mol. The Balaban J connectivity index is 0.707. The number of allylic oxidation sites excluding steroid dienone is 1. The maximum absolute atomic E-state index is 2.45. The zero-order chi connectivity index (χ0) is 50.4. The standard InChI is InChI=1S/C72H52N4/c1-3-15-57(16-4-1)73(61-43-31-53(32-44-61)55-35-47-63(48-36-55)75-69-23-11-7-19-65(69)66-20-8-12-24-70(66)75)59-39-27-51(28-40-59)52-29-41-60(42-30-52)74(58-17-5-2-6-18-58)62-45-33-54(34-46-62)56-37-49-64(50-38-56)76-71-25-13-9-21-67(71)68-22-10-14-26-72(68)76/h1-13,15-25,27-50H,14,26H2. The highest BCUT2D eigenvalue weighted by molar-refractivity contribution is 6.09. The van der Waals surface area contributed by atoms with Gasteiger partial charge in [0.25, 0.3) is 0 Å². The highest BCUT2D eigenvalue weighted by Gasteiger charge is 2.20. The van der Waals surface area contributed by atoms with E-state index in [9.17, 15) is 0 Å². The summed E-state index contributed by atoms with van der Waals surface area (Å²) < 4.78 is 4.82. The molecular formula is C72H52N4. The van der Waals surface area contributed by atoms with Crippen molar-refractivity contribution in [3.8, 4) is 44.8 Å². The quantitative estimate of drug-likeness (QED) is 0.128. The SMILES string of the molecule is C1=Cc2c(n(-c3ccc(-c4ccc(N(c5ccccc5)c5ccc(-c6ccc(N(c7ccccc7)c7ccc(-c8ccc(-n9c%10ccccc%10c%10ccccc%109)cc8)cc7)cc6)cc5)cc4)cc3)c3ccccc23)CC1. The van der Waals surface area contributed by atoms with Gasteiger partial charge >= 0.3 is 0 Å². The van der Waals surface area contributed by atoms with Crippen LogP contribution < -0.4 is 9.80 Å². The third-order valence-corrected chi connectivity index (χ3v) is 15.2. The van der Waals surface area contributed by atoms with Gasteiger partial charge < -0.3 is 18.9 Å². The van der Waals surface area contributed by atoms with E-state index >= 15 is 0 Å². The zero-order valence-corrected chi connectivity index (χ0v) is 41.9. The van der Waals surface area contributed by atoms with Crippen molar-refractivity contribution in [3.63, 3.8) is 0 Å². The molecule has 0 spiro atoms. The Morgan fingerprint density at radius 1 is 0.263 bits per heavy atom. The lowest BCUT2D eigenvalue weighted by Gasteiger charge is -2.26. The molecule has 0 saturated heterocycles. The molecule has 0 bridgehead atoms. The van der Waals surface area contributed by atoms with Crippen LogP contribution in [-0.4, -0.2) is 9.13 Å². The zero-order valence-electron chi connectivity index (χ0n) is 41.9. The van der Waals surface area contributed by atoms with Gasteiger partial charge in [-0.2, -0.15) is 0 Å². The van der Waals surface area contributed by atoms with Gasteiger partial charge in [-0.05, 0) is 161 Å². The maximum atomic E-state index is 2.45. The van der Waals surface area contributed by atoms with Gasteiger partial charge in [-0.15, -0.1) is 0 Å². The van der Waals surface area contributed by atoms with Crippen molar-refractivity contribution in [2.75, 3.05) is 9.80 Å². The minimum absolute atomic E-state index is 1.05. The van der Waals surface area contributed by atoms with E-state index in [0.717, 1.165) is 63.8 Å². The second-order valence-corrected chi connectivity index (χ2v) is 19.6. The Morgan fingerprint density at radius 2 is 0.566 bits per heavy atom. The topological polar surface area (TPSA) is 16.3 Å². The number of hydrogen-bond donors (Lipinski definition) is 0. The Hall–Kier alpha value is -9.90. The van der Waals surface area contributed by atoms with E-state index in [1.807, 2.05) is 0 Å². The lowest BCUT2D eigenvalue weighted by molar-refractivity contribution is 0.888. The second-order valence-electron chi connectivity index (χ2n) is 19.6. The monoisotopic (exact) mass is 972 g/mol. The van der Waals surface area contributed by atoms with Crippen LogP contribution in [0.15, 0.2) is 285 Å². The van der Waals surface area contributed by atoms with E-state index in [1.54, 1.807) is 0 Å². The van der Waals surface area contributed by atoms with Crippen LogP contribution in [-0.2, 0) is 6.42 Å². The molecule has 11 aromatic carbocycles. The molecule has 1 aliphatic carbocycles. The number of nitrogens with zero attached hydrogens (tertiary/aromatic N) is 4. The molecule has 360 valence electrons. The largest absolute Gasteiger partial charge is 0.313 e. The number of benzene rings is 11. The van der Waals surface area contributed by atoms with Gasteiger partial charge in [0.2, 0.25) is 0 Å². The molecule has 14 rings (SSSR count). The number of aromatic nitrogens is 2. The van der Waals surface area contributed by atoms with Crippen molar-refractivity contribution >= 4 is 72.9 Å². The summed E-state index contributed by atoms with van der Waals surface area (Å²) in [5.41, 5.74) is 22.5. The first-order chi connectivity index (χ1) is 37.7. The van der Waals surface area contributed by atoms with Crippen LogP contribution >= 0.6 is 0 Å². The van der Waals surface area contributed by atoms with Gasteiger partial charge in [-0.3, -0.25) is 0 Å². The van der Waals surface area contributed by atoms with Crippen molar-refractivity contribution in [2.24, 2.45) is 0 Å². The molecule has 76 heavy (non-hydrogen) atoms. The summed E-state index contributed by atoms with van der Waals surface area (Å²) >= 11 is 0. The van der Waals surface area contributed by atoms with Crippen LogP contribution in [0.5, 0.6) is 0 Å². The number of fused-ring (bicyclic) bond motifs is 6. The molecule has 0 radical (unpaired) electrons. The minimum Gasteiger partial charge on any atom is -0.313 e. The van der Waals surface area contributed by atoms with Crippen molar-refractivity contribution in [1.82, 2.24) is 9.13 Å². The van der Waals surface area contributed by atoms with Crippen LogP contribution in [0, 0.1) is 0 Å². The van der Waals surface area contributed by atoms with Crippen LogP contribution in [0.2, 0.25) is 0 Å². The molecule has 1 aliphatic rings. The molecule has 2 heterocycles. The molecule has 0 atom stereocenters. The van der Waals surface area contributed by atoms with Crippen LogP contribution in [0.25, 0.3) is 83.5 Å². The molecule has 0 N–H and O–H groups in total. The molecule has 0 unspecified atom stereocenters. The molecule has 0 amide bonds. The molecule has 0 aliphatic heterocycles. The minimum atomic E-state index is 1.05. The van der Waals surface area contributed by atoms with E-state index in [2.05, 4.69) is 310 Å². The normalized spacial score (nSPS) is 12.1.